The molecule has 0 atom stereocenters. The van der Waals surface area contributed by atoms with Crippen molar-refractivity contribution >= 4 is 41.3 Å². The number of hydrogen-bond donors (Lipinski definition) is 1. The quantitative estimate of drug-likeness (QED) is 0.375. The molecule has 0 bridgehead atoms. The molecule has 1 aliphatic carbocycles. The maximum absolute atomic E-state index is 4.41. The average molecular weight is 450 g/mol. The van der Waals surface area contributed by atoms with Gasteiger partial charge in [-0.05, 0) is 44.6 Å². The Morgan fingerprint density at radius 3 is 2.65 bits per heavy atom. The summed E-state index contributed by atoms with van der Waals surface area (Å²) in [6.45, 7) is 7.64. The summed E-state index contributed by atoms with van der Waals surface area (Å²) in [4.78, 5) is 10.7. The molecule has 4 nitrogen and oxygen atoms in total. The van der Waals surface area contributed by atoms with Crippen LogP contribution in [0, 0.1) is 0 Å². The summed E-state index contributed by atoms with van der Waals surface area (Å²) in [5.41, 5.74) is 0. The molecule has 0 amide bonds. The lowest BCUT2D eigenvalue weighted by Crippen LogP contribution is -2.44. The first-order chi connectivity index (χ1) is 10.6. The largest absolute Gasteiger partial charge is 0.355 e. The predicted octanol–water partition coefficient (Wildman–Crippen LogP) is 3.29. The Bertz CT molecular complexity index is 455. The van der Waals surface area contributed by atoms with Crippen molar-refractivity contribution in [2.45, 2.75) is 45.2 Å². The number of aliphatic imine (C=N–C) groups is 1. The summed E-state index contributed by atoms with van der Waals surface area (Å²) in [6, 6.07) is 5.77. The van der Waals surface area contributed by atoms with Crippen LogP contribution in [0.4, 0.5) is 0 Å². The van der Waals surface area contributed by atoms with Crippen molar-refractivity contribution in [3.05, 3.63) is 22.4 Å². The first kappa shape index (κ1) is 20.7. The summed E-state index contributed by atoms with van der Waals surface area (Å²) in [6.07, 6.45) is 3.82. The van der Waals surface area contributed by atoms with Gasteiger partial charge in [-0.2, -0.15) is 0 Å². The minimum Gasteiger partial charge on any atom is -0.355 e. The number of thiophene rings is 1. The summed E-state index contributed by atoms with van der Waals surface area (Å²) in [7, 11) is 3.98. The van der Waals surface area contributed by atoms with E-state index in [4.69, 9.17) is 0 Å². The molecule has 0 aliphatic heterocycles. The maximum atomic E-state index is 4.41. The molecule has 23 heavy (non-hydrogen) atoms. The highest BCUT2D eigenvalue weighted by Gasteiger charge is 2.30. The standard InChI is InChI=1S/C17H30N4S.HI/c1-14(2)21(15-7-8-15)12-10-19-17(18-3)20(4)11-9-16-6-5-13-22-16;/h5-6,13-15H,7-12H2,1-4H3,(H,18,19);1H. The molecule has 0 radical (unpaired) electrons. The van der Waals surface area contributed by atoms with Gasteiger partial charge in [0.25, 0.3) is 0 Å². The highest BCUT2D eigenvalue weighted by Crippen LogP contribution is 2.27. The molecule has 1 heterocycles. The number of guanidine groups is 1. The van der Waals surface area contributed by atoms with E-state index in [-0.39, 0.29) is 24.0 Å². The molecule has 1 fully saturated rings. The molecule has 0 spiro atoms. The van der Waals surface area contributed by atoms with Gasteiger partial charge in [-0.25, -0.2) is 0 Å². The monoisotopic (exact) mass is 450 g/mol. The molecular weight excluding hydrogens is 419 g/mol. The van der Waals surface area contributed by atoms with E-state index < -0.39 is 0 Å². The zero-order valence-electron chi connectivity index (χ0n) is 14.8. The van der Waals surface area contributed by atoms with Crippen molar-refractivity contribution in [2.75, 3.05) is 33.7 Å². The molecule has 0 aromatic carbocycles. The smallest absolute Gasteiger partial charge is 0.193 e. The average Bonchev–Trinajstić information content (AvgIpc) is 3.19. The summed E-state index contributed by atoms with van der Waals surface area (Å²) in [5, 5.41) is 5.64. The highest BCUT2D eigenvalue weighted by atomic mass is 127. The van der Waals surface area contributed by atoms with Gasteiger partial charge in [-0.1, -0.05) is 6.07 Å². The van der Waals surface area contributed by atoms with Crippen LogP contribution in [0.2, 0.25) is 0 Å². The van der Waals surface area contributed by atoms with Crippen LogP contribution < -0.4 is 5.32 Å². The third-order valence-electron chi connectivity index (χ3n) is 4.18. The van der Waals surface area contributed by atoms with Gasteiger partial charge >= 0.3 is 0 Å². The molecule has 0 unspecified atom stereocenters. The lowest BCUT2D eigenvalue weighted by atomic mass is 10.3. The van der Waals surface area contributed by atoms with Gasteiger partial charge < -0.3 is 10.2 Å². The third-order valence-corrected chi connectivity index (χ3v) is 5.12. The van der Waals surface area contributed by atoms with E-state index in [2.05, 4.69) is 58.5 Å². The predicted molar refractivity (Wildman–Crippen MR) is 112 cm³/mol. The molecule has 2 rings (SSSR count). The first-order valence-electron chi connectivity index (χ1n) is 8.31. The normalized spacial score (nSPS) is 15.0. The van der Waals surface area contributed by atoms with E-state index in [0.29, 0.717) is 6.04 Å². The van der Waals surface area contributed by atoms with Crippen LogP contribution in [0.3, 0.4) is 0 Å². The van der Waals surface area contributed by atoms with Crippen LogP contribution in [-0.4, -0.2) is 61.6 Å². The van der Waals surface area contributed by atoms with Crippen molar-refractivity contribution in [2.24, 2.45) is 4.99 Å². The van der Waals surface area contributed by atoms with Crippen LogP contribution >= 0.6 is 35.3 Å². The lowest BCUT2D eigenvalue weighted by Gasteiger charge is -2.28. The second-order valence-electron chi connectivity index (χ2n) is 6.29. The molecule has 1 saturated carbocycles. The summed E-state index contributed by atoms with van der Waals surface area (Å²) < 4.78 is 0. The number of nitrogens with zero attached hydrogens (tertiary/aromatic N) is 3. The topological polar surface area (TPSA) is 30.9 Å². The number of halogens is 1. The molecular formula is C17H31IN4S. The molecule has 1 aliphatic rings. The second kappa shape index (κ2) is 10.5. The van der Waals surface area contributed by atoms with Crippen molar-refractivity contribution in [3.8, 4) is 0 Å². The minimum absolute atomic E-state index is 0. The molecule has 6 heteroatoms. The fraction of sp³-hybridized carbons (Fsp3) is 0.706. The fourth-order valence-corrected chi connectivity index (χ4v) is 3.49. The Morgan fingerprint density at radius 2 is 2.13 bits per heavy atom. The van der Waals surface area contributed by atoms with E-state index in [1.807, 2.05) is 18.4 Å². The van der Waals surface area contributed by atoms with Gasteiger partial charge in [0, 0.05) is 50.7 Å². The van der Waals surface area contributed by atoms with Crippen LogP contribution in [0.1, 0.15) is 31.6 Å². The van der Waals surface area contributed by atoms with Gasteiger partial charge in [0.05, 0.1) is 0 Å². The summed E-state index contributed by atoms with van der Waals surface area (Å²) >= 11 is 1.83. The van der Waals surface area contributed by atoms with E-state index >= 15 is 0 Å². The lowest BCUT2D eigenvalue weighted by molar-refractivity contribution is 0.214. The van der Waals surface area contributed by atoms with Gasteiger partial charge in [-0.3, -0.25) is 9.89 Å². The number of likely N-dealkylation sites (N-methyl/N-ethyl adjacent to an activating group) is 1. The van der Waals surface area contributed by atoms with Crippen LogP contribution in [0.15, 0.2) is 22.5 Å². The van der Waals surface area contributed by atoms with Gasteiger partial charge in [0.15, 0.2) is 5.96 Å². The maximum Gasteiger partial charge on any atom is 0.193 e. The number of nitrogens with one attached hydrogen (secondary N) is 1. The zero-order valence-corrected chi connectivity index (χ0v) is 17.9. The number of rotatable bonds is 8. The van der Waals surface area contributed by atoms with E-state index in [9.17, 15) is 0 Å². The Hall–Kier alpha value is -0.340. The van der Waals surface area contributed by atoms with Crippen LogP contribution in [-0.2, 0) is 6.42 Å². The van der Waals surface area contributed by atoms with Crippen LogP contribution in [0.5, 0.6) is 0 Å². The zero-order chi connectivity index (χ0) is 15.9. The molecule has 1 aromatic rings. The van der Waals surface area contributed by atoms with Crippen molar-refractivity contribution in [1.82, 2.24) is 15.1 Å². The minimum atomic E-state index is 0. The van der Waals surface area contributed by atoms with Gasteiger partial charge in [0.2, 0.25) is 0 Å². The summed E-state index contributed by atoms with van der Waals surface area (Å²) in [5.74, 6) is 0.996. The number of hydrogen-bond acceptors (Lipinski definition) is 3. The second-order valence-corrected chi connectivity index (χ2v) is 7.32. The fourth-order valence-electron chi connectivity index (χ4n) is 2.79. The van der Waals surface area contributed by atoms with E-state index in [1.165, 1.54) is 17.7 Å². The molecule has 0 saturated heterocycles. The van der Waals surface area contributed by atoms with Crippen molar-refractivity contribution in [3.63, 3.8) is 0 Å². The molecule has 132 valence electrons. The van der Waals surface area contributed by atoms with Gasteiger partial charge in [0.1, 0.15) is 0 Å². The van der Waals surface area contributed by atoms with Gasteiger partial charge in [-0.15, -0.1) is 35.3 Å². The molecule has 1 aromatic heterocycles. The Balaban J connectivity index is 0.00000264. The van der Waals surface area contributed by atoms with Crippen molar-refractivity contribution in [1.29, 1.82) is 0 Å². The SMILES string of the molecule is CN=C(NCCN(C(C)C)C1CC1)N(C)CCc1cccs1.I. The Morgan fingerprint density at radius 1 is 1.39 bits per heavy atom. The third kappa shape index (κ3) is 6.97. The van der Waals surface area contributed by atoms with Crippen LogP contribution in [0.25, 0.3) is 0 Å². The first-order valence-corrected chi connectivity index (χ1v) is 9.19. The van der Waals surface area contributed by atoms with Crippen molar-refractivity contribution < 1.29 is 0 Å². The van der Waals surface area contributed by atoms with E-state index in [1.54, 1.807) is 0 Å². The Kier molecular flexibility index (Phi) is 9.46. The highest BCUT2D eigenvalue weighted by molar-refractivity contribution is 14.0. The van der Waals surface area contributed by atoms with E-state index in [0.717, 1.165) is 38.1 Å². The Labute approximate surface area is 162 Å². The molecule has 1 N–H and O–H groups in total.